The number of nitrogens with zero attached hydrogens (tertiary/aromatic N) is 2. The molecule has 2 N–H and O–H groups in total. The van der Waals surface area contributed by atoms with Crippen LogP contribution in [0.3, 0.4) is 0 Å². The summed E-state index contributed by atoms with van der Waals surface area (Å²) in [5, 5.41) is 6.66. The van der Waals surface area contributed by atoms with Gasteiger partial charge in [-0.1, -0.05) is 32.8 Å². The largest absolute Gasteiger partial charge is 0.356 e. The number of hydrogen-bond donors (Lipinski definition) is 2. The van der Waals surface area contributed by atoms with E-state index in [4.69, 9.17) is 0 Å². The van der Waals surface area contributed by atoms with Crippen molar-refractivity contribution in [2.75, 3.05) is 13.6 Å². The van der Waals surface area contributed by atoms with Crippen LogP contribution >= 0.6 is 0 Å². The van der Waals surface area contributed by atoms with E-state index in [2.05, 4.69) is 34.5 Å². The number of aliphatic imine (C=N–C) groups is 1. The van der Waals surface area contributed by atoms with Crippen molar-refractivity contribution in [2.24, 2.45) is 10.9 Å². The number of nitrogens with one attached hydrogen (secondary N) is 2. The summed E-state index contributed by atoms with van der Waals surface area (Å²) in [7, 11) is 1.80. The first-order valence-electron chi connectivity index (χ1n) is 7.06. The highest BCUT2D eigenvalue weighted by molar-refractivity contribution is 5.79. The van der Waals surface area contributed by atoms with Crippen molar-refractivity contribution in [1.82, 2.24) is 15.6 Å². The Morgan fingerprint density at radius 3 is 2.58 bits per heavy atom. The minimum atomic E-state index is 0.699. The van der Waals surface area contributed by atoms with Crippen molar-refractivity contribution >= 4 is 5.96 Å². The standard InChI is InChI=1S/C15H26N4/c1-5-13(6-2)10-17-15(16-4)18-11-14-9-7-8-12(3)19-14/h7-9,13H,5-6,10-11H2,1-4H3,(H2,16,17,18). The minimum Gasteiger partial charge on any atom is -0.356 e. The molecule has 0 saturated heterocycles. The van der Waals surface area contributed by atoms with Crippen molar-refractivity contribution in [1.29, 1.82) is 0 Å². The van der Waals surface area contributed by atoms with E-state index in [9.17, 15) is 0 Å². The number of hydrogen-bond acceptors (Lipinski definition) is 2. The topological polar surface area (TPSA) is 49.3 Å². The van der Waals surface area contributed by atoms with E-state index in [1.54, 1.807) is 7.05 Å². The average Bonchev–Trinajstić information content (AvgIpc) is 2.43. The molecule has 0 aliphatic rings. The summed E-state index contributed by atoms with van der Waals surface area (Å²) in [5.41, 5.74) is 2.07. The van der Waals surface area contributed by atoms with E-state index in [0.29, 0.717) is 12.5 Å². The Labute approximate surface area is 116 Å². The van der Waals surface area contributed by atoms with Crippen LogP contribution in [0.4, 0.5) is 0 Å². The maximum atomic E-state index is 4.46. The predicted molar refractivity (Wildman–Crippen MR) is 81.2 cm³/mol. The van der Waals surface area contributed by atoms with Gasteiger partial charge in [-0.25, -0.2) is 0 Å². The molecule has 4 nitrogen and oxygen atoms in total. The van der Waals surface area contributed by atoms with Gasteiger partial charge in [0.15, 0.2) is 5.96 Å². The van der Waals surface area contributed by atoms with Crippen LogP contribution in [0.1, 0.15) is 38.1 Å². The van der Waals surface area contributed by atoms with Gasteiger partial charge < -0.3 is 10.6 Å². The summed E-state index contributed by atoms with van der Waals surface area (Å²) in [4.78, 5) is 8.69. The summed E-state index contributed by atoms with van der Waals surface area (Å²) in [6.45, 7) is 8.12. The van der Waals surface area contributed by atoms with E-state index in [1.807, 2.05) is 25.1 Å². The highest BCUT2D eigenvalue weighted by atomic mass is 15.2. The van der Waals surface area contributed by atoms with Crippen molar-refractivity contribution in [2.45, 2.75) is 40.2 Å². The van der Waals surface area contributed by atoms with Gasteiger partial charge >= 0.3 is 0 Å². The predicted octanol–water partition coefficient (Wildman–Crippen LogP) is 2.49. The first-order chi connectivity index (χ1) is 9.19. The average molecular weight is 262 g/mol. The van der Waals surface area contributed by atoms with Crippen LogP contribution in [-0.2, 0) is 6.54 Å². The van der Waals surface area contributed by atoms with Crippen LogP contribution in [0.5, 0.6) is 0 Å². The molecule has 1 rings (SSSR count). The zero-order chi connectivity index (χ0) is 14.1. The Bertz CT molecular complexity index is 397. The van der Waals surface area contributed by atoms with Gasteiger partial charge in [0, 0.05) is 19.3 Å². The molecule has 0 spiro atoms. The second-order valence-electron chi connectivity index (χ2n) is 4.76. The molecule has 1 heterocycles. The number of aryl methyl sites for hydroxylation is 1. The van der Waals surface area contributed by atoms with Gasteiger partial charge in [-0.15, -0.1) is 0 Å². The summed E-state index contributed by atoms with van der Waals surface area (Å²) in [5.74, 6) is 1.55. The molecule has 19 heavy (non-hydrogen) atoms. The van der Waals surface area contributed by atoms with E-state index in [1.165, 1.54) is 12.8 Å². The highest BCUT2D eigenvalue weighted by Gasteiger charge is 2.05. The summed E-state index contributed by atoms with van der Waals surface area (Å²) in [6, 6.07) is 6.05. The molecule has 0 bridgehead atoms. The Kier molecular flexibility index (Phi) is 6.93. The third kappa shape index (κ3) is 5.73. The number of aromatic nitrogens is 1. The van der Waals surface area contributed by atoms with E-state index in [-0.39, 0.29) is 0 Å². The lowest BCUT2D eigenvalue weighted by Crippen LogP contribution is -2.39. The fraction of sp³-hybridized carbons (Fsp3) is 0.600. The molecule has 1 aromatic heterocycles. The molecular weight excluding hydrogens is 236 g/mol. The minimum absolute atomic E-state index is 0.699. The van der Waals surface area contributed by atoms with Crippen molar-refractivity contribution < 1.29 is 0 Å². The fourth-order valence-electron chi connectivity index (χ4n) is 1.91. The van der Waals surface area contributed by atoms with Gasteiger partial charge in [-0.05, 0) is 25.0 Å². The van der Waals surface area contributed by atoms with Gasteiger partial charge in [0.2, 0.25) is 0 Å². The Balaban J connectivity index is 2.41. The number of pyridine rings is 1. The molecule has 0 aliphatic carbocycles. The van der Waals surface area contributed by atoms with Crippen LogP contribution in [0.25, 0.3) is 0 Å². The lowest BCUT2D eigenvalue weighted by molar-refractivity contribution is 0.481. The lowest BCUT2D eigenvalue weighted by atomic mass is 10.0. The maximum Gasteiger partial charge on any atom is 0.191 e. The van der Waals surface area contributed by atoms with Gasteiger partial charge in [-0.2, -0.15) is 0 Å². The Morgan fingerprint density at radius 2 is 2.00 bits per heavy atom. The SMILES string of the molecule is CCC(CC)CNC(=NC)NCc1cccc(C)n1. The molecule has 0 amide bonds. The molecule has 0 atom stereocenters. The molecule has 0 radical (unpaired) electrons. The first-order valence-corrected chi connectivity index (χ1v) is 7.06. The van der Waals surface area contributed by atoms with Crippen LogP contribution < -0.4 is 10.6 Å². The molecule has 0 saturated carbocycles. The number of guanidine groups is 1. The number of rotatable bonds is 6. The van der Waals surface area contributed by atoms with Crippen LogP contribution in [0.2, 0.25) is 0 Å². The Hall–Kier alpha value is -1.58. The van der Waals surface area contributed by atoms with E-state index in [0.717, 1.165) is 23.9 Å². The normalized spacial score (nSPS) is 11.7. The monoisotopic (exact) mass is 262 g/mol. The van der Waals surface area contributed by atoms with Crippen LogP contribution in [0, 0.1) is 12.8 Å². The second-order valence-corrected chi connectivity index (χ2v) is 4.76. The quantitative estimate of drug-likeness (QED) is 0.612. The van der Waals surface area contributed by atoms with E-state index < -0.39 is 0 Å². The van der Waals surface area contributed by atoms with Crippen molar-refractivity contribution in [3.8, 4) is 0 Å². The zero-order valence-electron chi connectivity index (χ0n) is 12.5. The Morgan fingerprint density at radius 1 is 1.26 bits per heavy atom. The summed E-state index contributed by atoms with van der Waals surface area (Å²) >= 11 is 0. The maximum absolute atomic E-state index is 4.46. The van der Waals surface area contributed by atoms with Crippen LogP contribution in [0.15, 0.2) is 23.2 Å². The summed E-state index contributed by atoms with van der Waals surface area (Å²) in [6.07, 6.45) is 2.39. The van der Waals surface area contributed by atoms with Gasteiger partial charge in [0.05, 0.1) is 12.2 Å². The molecule has 0 fully saturated rings. The highest BCUT2D eigenvalue weighted by Crippen LogP contribution is 2.04. The van der Waals surface area contributed by atoms with E-state index >= 15 is 0 Å². The molecule has 0 aliphatic heterocycles. The molecule has 0 aromatic carbocycles. The molecule has 0 unspecified atom stereocenters. The van der Waals surface area contributed by atoms with Gasteiger partial charge in [0.1, 0.15) is 0 Å². The third-order valence-corrected chi connectivity index (χ3v) is 3.32. The molecule has 106 valence electrons. The molecule has 4 heteroatoms. The summed E-state index contributed by atoms with van der Waals surface area (Å²) < 4.78 is 0. The van der Waals surface area contributed by atoms with Crippen LogP contribution in [-0.4, -0.2) is 24.5 Å². The van der Waals surface area contributed by atoms with Crippen molar-refractivity contribution in [3.63, 3.8) is 0 Å². The third-order valence-electron chi connectivity index (χ3n) is 3.32. The smallest absolute Gasteiger partial charge is 0.191 e. The van der Waals surface area contributed by atoms with Crippen molar-refractivity contribution in [3.05, 3.63) is 29.6 Å². The van der Waals surface area contributed by atoms with Gasteiger partial charge in [-0.3, -0.25) is 9.98 Å². The lowest BCUT2D eigenvalue weighted by Gasteiger charge is -2.16. The first kappa shape index (κ1) is 15.5. The second kappa shape index (κ2) is 8.51. The van der Waals surface area contributed by atoms with Gasteiger partial charge in [0.25, 0.3) is 0 Å². The molecule has 1 aromatic rings. The zero-order valence-corrected chi connectivity index (χ0v) is 12.5. The molecular formula is C15H26N4. The fourth-order valence-corrected chi connectivity index (χ4v) is 1.91.